The van der Waals surface area contributed by atoms with Gasteiger partial charge >= 0.3 is 0 Å². The molecule has 3 aromatic rings. The monoisotopic (exact) mass is 545 g/mol. The van der Waals surface area contributed by atoms with Crippen LogP contribution < -0.4 is 24.3 Å². The Morgan fingerprint density at radius 2 is 1.62 bits per heavy atom. The fourth-order valence-electron chi connectivity index (χ4n) is 5.34. The average molecular weight is 546 g/mol. The number of fused-ring (bicyclic) bond motifs is 2. The van der Waals surface area contributed by atoms with Crippen LogP contribution in [0.1, 0.15) is 28.3 Å². The first-order valence-electron chi connectivity index (χ1n) is 12.4. The van der Waals surface area contributed by atoms with Crippen LogP contribution >= 0.6 is 0 Å². The van der Waals surface area contributed by atoms with Crippen molar-refractivity contribution in [1.82, 2.24) is 10.2 Å². The summed E-state index contributed by atoms with van der Waals surface area (Å²) in [7, 11) is 6.04. The molecule has 0 bridgehead atoms. The molecule has 0 aromatic heterocycles. The van der Waals surface area contributed by atoms with Crippen molar-refractivity contribution in [3.8, 4) is 23.0 Å². The third-order valence-electron chi connectivity index (χ3n) is 7.16. The Balaban J connectivity index is 1.73. The van der Waals surface area contributed by atoms with Gasteiger partial charge in [-0.3, -0.25) is 19.7 Å². The lowest BCUT2D eigenvalue weighted by atomic mass is 9.81. The third-order valence-corrected chi connectivity index (χ3v) is 7.16. The van der Waals surface area contributed by atoms with E-state index in [0.717, 1.165) is 0 Å². The topological polar surface area (TPSA) is 129 Å². The van der Waals surface area contributed by atoms with Crippen LogP contribution in [0.2, 0.25) is 0 Å². The highest BCUT2D eigenvalue weighted by Gasteiger charge is 2.48. The minimum absolute atomic E-state index is 0.0218. The number of benzene rings is 3. The predicted octanol–water partition coefficient (Wildman–Crippen LogP) is 3.64. The zero-order chi connectivity index (χ0) is 28.6. The van der Waals surface area contributed by atoms with Crippen LogP contribution in [0.5, 0.6) is 23.0 Å². The molecule has 0 radical (unpaired) electrons. The Bertz CT molecular complexity index is 1550. The summed E-state index contributed by atoms with van der Waals surface area (Å²) in [6.07, 6.45) is 1.69. The van der Waals surface area contributed by atoms with E-state index < -0.39 is 28.8 Å². The van der Waals surface area contributed by atoms with Gasteiger partial charge in [-0.25, -0.2) is 0 Å². The first-order chi connectivity index (χ1) is 19.3. The Hall–Kier alpha value is -5.06. The average Bonchev–Trinajstić information content (AvgIpc) is 2.98. The van der Waals surface area contributed by atoms with Crippen LogP contribution in [0.4, 0.5) is 5.69 Å². The second kappa shape index (κ2) is 10.6. The Morgan fingerprint density at radius 3 is 2.30 bits per heavy atom. The molecule has 2 aliphatic heterocycles. The number of nitro benzene ring substituents is 1. The standard InChI is InChI=1S/C29H27N3O8/c1-37-19-8-9-23(38-2)17(13-19)14-21-29(34)31-22(28(33)30-21)15-20-24(39-3)10-11-25(40-4)26(20)27(31)16-6-5-7-18(12-16)32(35)36/h5-14,22,27H,15H2,1-4H3,(H,30,33)/b21-14-/t22-,27+/m0/s1. The quantitative estimate of drug-likeness (QED) is 0.271. The summed E-state index contributed by atoms with van der Waals surface area (Å²) >= 11 is 0. The summed E-state index contributed by atoms with van der Waals surface area (Å²) in [5.41, 5.74) is 2.13. The second-order valence-corrected chi connectivity index (χ2v) is 9.20. The maximum atomic E-state index is 14.2. The van der Waals surface area contributed by atoms with Gasteiger partial charge in [0.1, 0.15) is 34.7 Å². The van der Waals surface area contributed by atoms with E-state index >= 15 is 0 Å². The van der Waals surface area contributed by atoms with Gasteiger partial charge in [-0.05, 0) is 42.0 Å². The number of ether oxygens (including phenoxy) is 4. The summed E-state index contributed by atoms with van der Waals surface area (Å²) in [4.78, 5) is 40.4. The zero-order valence-electron chi connectivity index (χ0n) is 22.3. The largest absolute Gasteiger partial charge is 0.497 e. The molecule has 1 fully saturated rings. The molecule has 0 aliphatic carbocycles. The lowest BCUT2D eigenvalue weighted by Crippen LogP contribution is -2.60. The van der Waals surface area contributed by atoms with Crippen molar-refractivity contribution < 1.29 is 33.5 Å². The fourth-order valence-corrected chi connectivity index (χ4v) is 5.34. The van der Waals surface area contributed by atoms with Gasteiger partial charge in [-0.1, -0.05) is 12.1 Å². The van der Waals surface area contributed by atoms with E-state index in [4.69, 9.17) is 18.9 Å². The van der Waals surface area contributed by atoms with Crippen molar-refractivity contribution in [2.75, 3.05) is 28.4 Å². The second-order valence-electron chi connectivity index (χ2n) is 9.20. The Morgan fingerprint density at radius 1 is 0.925 bits per heavy atom. The number of amides is 2. The molecule has 2 heterocycles. The number of carbonyl (C=O) groups excluding carboxylic acids is 2. The van der Waals surface area contributed by atoms with Gasteiger partial charge in [0, 0.05) is 35.2 Å². The maximum Gasteiger partial charge on any atom is 0.271 e. The van der Waals surface area contributed by atoms with Crippen LogP contribution in [0.3, 0.4) is 0 Å². The summed E-state index contributed by atoms with van der Waals surface area (Å²) in [5, 5.41) is 14.4. The molecular weight excluding hydrogens is 518 g/mol. The van der Waals surface area contributed by atoms with Crippen molar-refractivity contribution in [2.45, 2.75) is 18.5 Å². The molecule has 40 heavy (non-hydrogen) atoms. The number of hydrogen-bond donors (Lipinski definition) is 1. The lowest BCUT2D eigenvalue weighted by molar-refractivity contribution is -0.384. The molecule has 5 rings (SSSR count). The van der Waals surface area contributed by atoms with Crippen molar-refractivity contribution in [3.05, 3.63) is 92.7 Å². The summed E-state index contributed by atoms with van der Waals surface area (Å²) in [5.74, 6) is 1.12. The van der Waals surface area contributed by atoms with Crippen molar-refractivity contribution in [2.24, 2.45) is 0 Å². The van der Waals surface area contributed by atoms with E-state index in [1.807, 2.05) is 0 Å². The van der Waals surface area contributed by atoms with Gasteiger partial charge in [-0.15, -0.1) is 0 Å². The van der Waals surface area contributed by atoms with Gasteiger partial charge in [0.05, 0.1) is 39.4 Å². The molecular formula is C29H27N3O8. The number of nitrogens with one attached hydrogen (secondary N) is 1. The van der Waals surface area contributed by atoms with Crippen LogP contribution in [-0.4, -0.2) is 56.1 Å². The molecule has 2 aliphatic rings. The number of carbonyl (C=O) groups is 2. The molecule has 1 saturated heterocycles. The van der Waals surface area contributed by atoms with Crippen molar-refractivity contribution in [3.63, 3.8) is 0 Å². The predicted molar refractivity (Wildman–Crippen MR) is 144 cm³/mol. The molecule has 1 N–H and O–H groups in total. The summed E-state index contributed by atoms with van der Waals surface area (Å²) in [6, 6.07) is 12.8. The number of hydrogen-bond acceptors (Lipinski definition) is 8. The van der Waals surface area contributed by atoms with Gasteiger partial charge in [0.15, 0.2) is 0 Å². The van der Waals surface area contributed by atoms with E-state index in [2.05, 4.69) is 5.32 Å². The number of nitro groups is 1. The van der Waals surface area contributed by atoms with Crippen LogP contribution in [0, 0.1) is 10.1 Å². The molecule has 2 amide bonds. The van der Waals surface area contributed by atoms with Gasteiger partial charge in [0.25, 0.3) is 11.6 Å². The third kappa shape index (κ3) is 4.45. The first-order valence-corrected chi connectivity index (χ1v) is 12.4. The lowest BCUT2D eigenvalue weighted by Gasteiger charge is -2.46. The maximum absolute atomic E-state index is 14.2. The minimum atomic E-state index is -0.908. The Labute approximate surface area is 230 Å². The summed E-state index contributed by atoms with van der Waals surface area (Å²) in [6.45, 7) is 0. The van der Waals surface area contributed by atoms with Crippen LogP contribution in [0.15, 0.2) is 60.3 Å². The zero-order valence-corrected chi connectivity index (χ0v) is 22.3. The first kappa shape index (κ1) is 26.5. The molecule has 11 heteroatoms. The highest BCUT2D eigenvalue weighted by Crippen LogP contribution is 2.47. The van der Waals surface area contributed by atoms with E-state index in [1.54, 1.807) is 42.5 Å². The number of rotatable bonds is 7. The number of piperazine rings is 1. The van der Waals surface area contributed by atoms with Crippen LogP contribution in [-0.2, 0) is 16.0 Å². The molecule has 0 unspecified atom stereocenters. The number of non-ortho nitro benzene ring substituents is 1. The smallest absolute Gasteiger partial charge is 0.271 e. The SMILES string of the molecule is COc1ccc(OC)c(/C=C2\NC(=O)[C@@H]3Cc4c(OC)ccc(OC)c4[C@@H](c4cccc([N+](=O)[O-])c4)N3C2=O)c1. The molecule has 0 spiro atoms. The number of nitrogens with zero attached hydrogens (tertiary/aromatic N) is 2. The minimum Gasteiger partial charge on any atom is -0.497 e. The normalized spacial score (nSPS) is 18.9. The molecule has 11 nitrogen and oxygen atoms in total. The van der Waals surface area contributed by atoms with Crippen LogP contribution in [0.25, 0.3) is 6.08 Å². The summed E-state index contributed by atoms with van der Waals surface area (Å²) < 4.78 is 22.1. The Kier molecular flexibility index (Phi) is 7.03. The van der Waals surface area contributed by atoms with Gasteiger partial charge < -0.3 is 29.2 Å². The van der Waals surface area contributed by atoms with E-state index in [1.165, 1.54) is 51.5 Å². The fraction of sp³-hybridized carbons (Fsp3) is 0.241. The van der Waals surface area contributed by atoms with Crippen molar-refractivity contribution >= 4 is 23.6 Å². The molecule has 3 aromatic carbocycles. The highest BCUT2D eigenvalue weighted by molar-refractivity contribution is 6.08. The van der Waals surface area contributed by atoms with E-state index in [-0.39, 0.29) is 17.8 Å². The van der Waals surface area contributed by atoms with Gasteiger partial charge in [0.2, 0.25) is 5.91 Å². The van der Waals surface area contributed by atoms with E-state index in [0.29, 0.717) is 45.3 Å². The van der Waals surface area contributed by atoms with Gasteiger partial charge in [-0.2, -0.15) is 0 Å². The number of methoxy groups -OCH3 is 4. The molecule has 2 atom stereocenters. The van der Waals surface area contributed by atoms with E-state index in [9.17, 15) is 19.7 Å². The highest BCUT2D eigenvalue weighted by atomic mass is 16.6. The van der Waals surface area contributed by atoms with Crippen molar-refractivity contribution in [1.29, 1.82) is 0 Å². The molecule has 206 valence electrons. The molecule has 0 saturated carbocycles.